The van der Waals surface area contributed by atoms with E-state index >= 15 is 0 Å². The minimum absolute atomic E-state index is 0.265. The highest BCUT2D eigenvalue weighted by molar-refractivity contribution is 9.10. The molecule has 4 heteroatoms. The van der Waals surface area contributed by atoms with E-state index < -0.39 is 6.04 Å². The van der Waals surface area contributed by atoms with Gasteiger partial charge >= 0.3 is 0 Å². The van der Waals surface area contributed by atoms with Gasteiger partial charge in [0.25, 0.3) is 0 Å². The number of rotatable bonds is 3. The second-order valence-electron chi connectivity index (χ2n) is 4.27. The maximum atomic E-state index is 13.7. The van der Waals surface area contributed by atoms with Gasteiger partial charge in [0.15, 0.2) is 0 Å². The van der Waals surface area contributed by atoms with Gasteiger partial charge in [0.2, 0.25) is 0 Å². The van der Waals surface area contributed by atoms with E-state index in [1.165, 1.54) is 6.07 Å². The van der Waals surface area contributed by atoms with Crippen LogP contribution in [-0.2, 0) is 4.74 Å². The summed E-state index contributed by atoms with van der Waals surface area (Å²) in [5.41, 5.74) is 6.28. The van der Waals surface area contributed by atoms with Gasteiger partial charge in [-0.2, -0.15) is 0 Å². The van der Waals surface area contributed by atoms with Crippen molar-refractivity contribution in [2.45, 2.75) is 30.9 Å². The summed E-state index contributed by atoms with van der Waals surface area (Å²) < 4.78 is 20.0. The average molecular weight is 288 g/mol. The molecule has 2 nitrogen and oxygen atoms in total. The van der Waals surface area contributed by atoms with Gasteiger partial charge < -0.3 is 10.5 Å². The number of ether oxygens (including phenoxy) is 1. The van der Waals surface area contributed by atoms with E-state index in [2.05, 4.69) is 15.9 Å². The molecule has 1 fully saturated rings. The molecule has 0 radical (unpaired) electrons. The molecule has 1 saturated carbocycles. The molecule has 1 unspecified atom stereocenters. The van der Waals surface area contributed by atoms with Gasteiger partial charge in [0, 0.05) is 17.1 Å². The molecule has 0 spiro atoms. The first-order chi connectivity index (χ1) is 7.59. The fourth-order valence-corrected chi connectivity index (χ4v) is 2.58. The maximum Gasteiger partial charge on any atom is 0.128 e. The zero-order chi connectivity index (χ0) is 11.8. The minimum Gasteiger partial charge on any atom is -0.376 e. The lowest BCUT2D eigenvalue weighted by molar-refractivity contribution is -0.0917. The Morgan fingerprint density at radius 1 is 1.50 bits per heavy atom. The Bertz CT molecular complexity index is 387. The molecule has 0 bridgehead atoms. The van der Waals surface area contributed by atoms with Crippen molar-refractivity contribution in [3.8, 4) is 0 Å². The summed E-state index contributed by atoms with van der Waals surface area (Å²) in [4.78, 5) is 0. The first kappa shape index (κ1) is 12.0. The number of nitrogens with two attached hydrogens (primary N) is 1. The van der Waals surface area contributed by atoms with Crippen LogP contribution >= 0.6 is 15.9 Å². The third-order valence-electron chi connectivity index (χ3n) is 3.47. The summed E-state index contributed by atoms with van der Waals surface area (Å²) in [5, 5.41) is 0. The molecule has 2 rings (SSSR count). The summed E-state index contributed by atoms with van der Waals surface area (Å²) in [6.07, 6.45) is 2.89. The molecule has 1 aromatic rings. The Hall–Kier alpha value is -0.450. The Morgan fingerprint density at radius 2 is 2.19 bits per heavy atom. The Balaban J connectivity index is 2.32. The summed E-state index contributed by atoms with van der Waals surface area (Å²) in [7, 11) is 1.65. The van der Waals surface area contributed by atoms with Crippen LogP contribution in [0.2, 0.25) is 0 Å². The maximum absolute atomic E-state index is 13.7. The fraction of sp³-hybridized carbons (Fsp3) is 0.500. The normalized spacial score (nSPS) is 20.2. The predicted molar refractivity (Wildman–Crippen MR) is 64.6 cm³/mol. The Labute approximate surface area is 103 Å². The monoisotopic (exact) mass is 287 g/mol. The first-order valence-corrected chi connectivity index (χ1v) is 6.14. The Morgan fingerprint density at radius 3 is 2.69 bits per heavy atom. The van der Waals surface area contributed by atoms with Crippen molar-refractivity contribution in [3.63, 3.8) is 0 Å². The standard InChI is InChI=1S/C12H15BrFNO/c1-16-12(5-2-6-12)11(15)9-7-8(13)3-4-10(9)14/h3-4,7,11H,2,5-6,15H2,1H3. The van der Waals surface area contributed by atoms with Gasteiger partial charge in [0.05, 0.1) is 11.6 Å². The van der Waals surface area contributed by atoms with E-state index in [-0.39, 0.29) is 11.4 Å². The van der Waals surface area contributed by atoms with Gasteiger partial charge in [-0.05, 0) is 37.5 Å². The third-order valence-corrected chi connectivity index (χ3v) is 3.96. The van der Waals surface area contributed by atoms with Gasteiger partial charge in [-0.1, -0.05) is 15.9 Å². The first-order valence-electron chi connectivity index (χ1n) is 5.35. The van der Waals surface area contributed by atoms with E-state index in [1.807, 2.05) is 0 Å². The second kappa shape index (κ2) is 4.43. The van der Waals surface area contributed by atoms with Crippen molar-refractivity contribution in [3.05, 3.63) is 34.1 Å². The summed E-state index contributed by atoms with van der Waals surface area (Å²) in [6.45, 7) is 0. The van der Waals surface area contributed by atoms with Crippen LogP contribution in [0.3, 0.4) is 0 Å². The summed E-state index contributed by atoms with van der Waals surface area (Å²) in [6, 6.07) is 4.44. The highest BCUT2D eigenvalue weighted by Crippen LogP contribution is 2.44. The SMILES string of the molecule is COC1(C(N)c2cc(Br)ccc2F)CCC1. The van der Waals surface area contributed by atoms with Crippen molar-refractivity contribution >= 4 is 15.9 Å². The summed E-state index contributed by atoms with van der Waals surface area (Å²) in [5.74, 6) is -0.265. The van der Waals surface area contributed by atoms with Crippen molar-refractivity contribution in [2.24, 2.45) is 5.73 Å². The smallest absolute Gasteiger partial charge is 0.128 e. The number of methoxy groups -OCH3 is 1. The molecular formula is C12H15BrFNO. The predicted octanol–water partition coefficient (Wildman–Crippen LogP) is 3.16. The van der Waals surface area contributed by atoms with Crippen LogP contribution in [0.5, 0.6) is 0 Å². The highest BCUT2D eigenvalue weighted by Gasteiger charge is 2.44. The van der Waals surface area contributed by atoms with E-state index in [1.54, 1.807) is 19.2 Å². The molecule has 0 aromatic heterocycles. The van der Waals surface area contributed by atoms with E-state index in [0.717, 1.165) is 23.7 Å². The topological polar surface area (TPSA) is 35.2 Å². The van der Waals surface area contributed by atoms with Gasteiger partial charge in [0.1, 0.15) is 5.82 Å². The molecule has 1 aromatic carbocycles. The van der Waals surface area contributed by atoms with E-state index in [4.69, 9.17) is 10.5 Å². The molecule has 16 heavy (non-hydrogen) atoms. The molecule has 0 aliphatic heterocycles. The van der Waals surface area contributed by atoms with E-state index in [9.17, 15) is 4.39 Å². The molecule has 1 aliphatic carbocycles. The molecule has 0 amide bonds. The zero-order valence-corrected chi connectivity index (χ0v) is 10.8. The van der Waals surface area contributed by atoms with Crippen LogP contribution in [0.4, 0.5) is 4.39 Å². The number of halogens is 2. The average Bonchev–Trinajstić information content (AvgIpc) is 2.21. The Kier molecular flexibility index (Phi) is 3.33. The van der Waals surface area contributed by atoms with Crippen molar-refractivity contribution < 1.29 is 9.13 Å². The minimum atomic E-state index is -0.399. The molecule has 1 aliphatic rings. The van der Waals surface area contributed by atoms with E-state index in [0.29, 0.717) is 5.56 Å². The fourth-order valence-electron chi connectivity index (χ4n) is 2.20. The number of hydrogen-bond acceptors (Lipinski definition) is 2. The van der Waals surface area contributed by atoms with Crippen LogP contribution in [0.25, 0.3) is 0 Å². The van der Waals surface area contributed by atoms with Gasteiger partial charge in [-0.3, -0.25) is 0 Å². The number of benzene rings is 1. The van der Waals surface area contributed by atoms with Gasteiger partial charge in [-0.15, -0.1) is 0 Å². The molecule has 0 saturated heterocycles. The second-order valence-corrected chi connectivity index (χ2v) is 5.18. The van der Waals surface area contributed by atoms with Crippen LogP contribution in [0, 0.1) is 5.82 Å². The lowest BCUT2D eigenvalue weighted by atomic mass is 9.72. The summed E-state index contributed by atoms with van der Waals surface area (Å²) >= 11 is 3.33. The molecular weight excluding hydrogens is 273 g/mol. The quantitative estimate of drug-likeness (QED) is 0.927. The molecule has 1 atom stereocenters. The van der Waals surface area contributed by atoms with Crippen LogP contribution in [0.15, 0.2) is 22.7 Å². The van der Waals surface area contributed by atoms with Crippen LogP contribution < -0.4 is 5.73 Å². The van der Waals surface area contributed by atoms with Crippen molar-refractivity contribution in [1.82, 2.24) is 0 Å². The molecule has 0 heterocycles. The van der Waals surface area contributed by atoms with Crippen molar-refractivity contribution in [2.75, 3.05) is 7.11 Å². The van der Waals surface area contributed by atoms with Crippen LogP contribution in [0.1, 0.15) is 30.9 Å². The van der Waals surface area contributed by atoms with Crippen molar-refractivity contribution in [1.29, 1.82) is 0 Å². The zero-order valence-electron chi connectivity index (χ0n) is 9.17. The molecule has 2 N–H and O–H groups in total. The third kappa shape index (κ3) is 1.90. The highest BCUT2D eigenvalue weighted by atomic mass is 79.9. The molecule has 88 valence electrons. The lowest BCUT2D eigenvalue weighted by Crippen LogP contribution is -2.48. The largest absolute Gasteiger partial charge is 0.376 e. The number of hydrogen-bond donors (Lipinski definition) is 1. The lowest BCUT2D eigenvalue weighted by Gasteiger charge is -2.45. The van der Waals surface area contributed by atoms with Crippen LogP contribution in [-0.4, -0.2) is 12.7 Å². The van der Waals surface area contributed by atoms with Gasteiger partial charge in [-0.25, -0.2) is 4.39 Å².